The minimum Gasteiger partial charge on any atom is -0.348 e. The van der Waals surface area contributed by atoms with E-state index in [-0.39, 0.29) is 5.97 Å². The normalized spacial score (nSPS) is 10.2. The van der Waals surface area contributed by atoms with E-state index >= 15 is 0 Å². The average Bonchev–Trinajstić information content (AvgIpc) is 1.97. The quantitative estimate of drug-likeness (QED) is 0.606. The minimum absolute atomic E-state index is 0.324. The van der Waals surface area contributed by atoms with Crippen molar-refractivity contribution in [2.75, 3.05) is 0 Å². The van der Waals surface area contributed by atoms with E-state index in [0.29, 0.717) is 12.3 Å². The summed E-state index contributed by atoms with van der Waals surface area (Å²) in [7, 11) is 0. The molecule has 0 aromatic heterocycles. The Hall–Kier alpha value is -0.240. The molecule has 0 rings (SSSR count). The summed E-state index contributed by atoms with van der Waals surface area (Å²) in [6.07, 6.45) is 3.55. The fraction of sp³-hybridized carbons (Fsp3) is 0.875. The number of hydrogen-bond acceptors (Lipinski definition) is 2. The molecule has 0 saturated heterocycles. The second-order valence-corrected chi connectivity index (χ2v) is 3.24. The van der Waals surface area contributed by atoms with Crippen molar-refractivity contribution in [2.45, 2.75) is 39.5 Å². The summed E-state index contributed by atoms with van der Waals surface area (Å²) in [6, 6.07) is 0. The van der Waals surface area contributed by atoms with E-state index in [0.717, 1.165) is 19.3 Å². The molecule has 0 unspecified atom stereocenters. The van der Waals surface area contributed by atoms with Gasteiger partial charge < -0.3 is 4.29 Å². The van der Waals surface area contributed by atoms with Crippen LogP contribution >= 0.6 is 11.9 Å². The minimum atomic E-state index is -0.324. The Morgan fingerprint density at radius 1 is 1.45 bits per heavy atom. The topological polar surface area (TPSA) is 26.3 Å². The van der Waals surface area contributed by atoms with Crippen molar-refractivity contribution in [3.8, 4) is 0 Å². The summed E-state index contributed by atoms with van der Waals surface area (Å²) in [6.45, 7) is 4.33. The molecule has 0 spiro atoms. The van der Waals surface area contributed by atoms with Gasteiger partial charge in [0, 0.05) is 6.42 Å². The van der Waals surface area contributed by atoms with Crippen molar-refractivity contribution >= 4 is 17.8 Å². The fourth-order valence-electron chi connectivity index (χ4n) is 0.860. The zero-order chi connectivity index (χ0) is 8.69. The van der Waals surface area contributed by atoms with Crippen LogP contribution in [0.15, 0.2) is 0 Å². The molecule has 0 saturated carbocycles. The Morgan fingerprint density at radius 2 is 2.09 bits per heavy atom. The Morgan fingerprint density at radius 3 is 2.55 bits per heavy atom. The Labute approximate surface area is 73.0 Å². The zero-order valence-electron chi connectivity index (χ0n) is 7.10. The van der Waals surface area contributed by atoms with Crippen LogP contribution in [-0.2, 0) is 9.08 Å². The third kappa shape index (κ3) is 7.66. The Kier molecular flexibility index (Phi) is 6.33. The summed E-state index contributed by atoms with van der Waals surface area (Å²) in [5.41, 5.74) is 0. The molecule has 0 radical (unpaired) electrons. The second-order valence-electron chi connectivity index (χ2n) is 3.09. The number of unbranched alkanes of at least 4 members (excludes halogenated alkanes) is 1. The van der Waals surface area contributed by atoms with Gasteiger partial charge >= 0.3 is 5.97 Å². The molecule has 0 aliphatic rings. The van der Waals surface area contributed by atoms with Crippen LogP contribution in [0.4, 0.5) is 0 Å². The monoisotopic (exact) mass is 178 g/mol. The summed E-state index contributed by atoms with van der Waals surface area (Å²) in [5.74, 6) is 0.387. The lowest BCUT2D eigenvalue weighted by atomic mass is 10.1. The van der Waals surface area contributed by atoms with Crippen molar-refractivity contribution in [3.63, 3.8) is 0 Å². The van der Waals surface area contributed by atoms with Gasteiger partial charge in [0.1, 0.15) is 11.9 Å². The summed E-state index contributed by atoms with van der Waals surface area (Å²) >= 11 is 4.84. The van der Waals surface area contributed by atoms with Crippen LogP contribution in [-0.4, -0.2) is 5.97 Å². The van der Waals surface area contributed by atoms with Gasteiger partial charge in [-0.25, -0.2) is 0 Å². The third-order valence-electron chi connectivity index (χ3n) is 1.50. The zero-order valence-corrected chi connectivity index (χ0v) is 7.86. The van der Waals surface area contributed by atoms with E-state index in [4.69, 9.17) is 11.9 Å². The van der Waals surface area contributed by atoms with Crippen LogP contribution in [0.3, 0.4) is 0 Å². The molecule has 11 heavy (non-hydrogen) atoms. The van der Waals surface area contributed by atoms with Crippen molar-refractivity contribution < 1.29 is 9.08 Å². The van der Waals surface area contributed by atoms with Crippen LogP contribution in [0.2, 0.25) is 0 Å². The molecule has 0 amide bonds. The molecule has 0 bridgehead atoms. The number of carbonyl (C=O) groups excluding carboxylic acids is 1. The molecule has 3 heteroatoms. The van der Waals surface area contributed by atoms with Crippen LogP contribution in [0.1, 0.15) is 39.5 Å². The molecule has 0 atom stereocenters. The highest BCUT2D eigenvalue weighted by Gasteiger charge is 2.01. The first-order chi connectivity index (χ1) is 5.16. The summed E-state index contributed by atoms with van der Waals surface area (Å²) in [5, 5.41) is 0. The van der Waals surface area contributed by atoms with E-state index in [1.165, 1.54) is 0 Å². The average molecular weight is 179 g/mol. The first kappa shape index (κ1) is 10.8. The molecular weight excluding hydrogens is 164 g/mol. The van der Waals surface area contributed by atoms with Crippen LogP contribution in [0, 0.1) is 5.92 Å². The van der Waals surface area contributed by atoms with Gasteiger partial charge in [-0.1, -0.05) is 26.7 Å². The smallest absolute Gasteiger partial charge is 0.324 e. The Bertz CT molecular complexity index is 113. The lowest BCUT2D eigenvalue weighted by Gasteiger charge is -2.01. The van der Waals surface area contributed by atoms with E-state index < -0.39 is 0 Å². The van der Waals surface area contributed by atoms with Crippen LogP contribution in [0.5, 0.6) is 0 Å². The maximum absolute atomic E-state index is 10.5. The molecule has 0 heterocycles. The van der Waals surface area contributed by atoms with Gasteiger partial charge in [-0.05, 0) is 12.3 Å². The molecule has 0 N–H and O–H groups in total. The molecule has 0 aromatic rings. The van der Waals surface area contributed by atoms with Crippen molar-refractivity contribution in [1.82, 2.24) is 0 Å². The number of halogens is 1. The van der Waals surface area contributed by atoms with Crippen LogP contribution in [0.25, 0.3) is 0 Å². The summed E-state index contributed by atoms with van der Waals surface area (Å²) < 4.78 is 3.99. The van der Waals surface area contributed by atoms with E-state index in [1.54, 1.807) is 0 Å². The summed E-state index contributed by atoms with van der Waals surface area (Å²) in [4.78, 5) is 10.5. The van der Waals surface area contributed by atoms with E-state index in [9.17, 15) is 4.79 Å². The van der Waals surface area contributed by atoms with Gasteiger partial charge in [0.2, 0.25) is 0 Å². The highest BCUT2D eigenvalue weighted by atomic mass is 35.5. The van der Waals surface area contributed by atoms with Gasteiger partial charge in [0.05, 0.1) is 0 Å². The van der Waals surface area contributed by atoms with Crippen molar-refractivity contribution in [3.05, 3.63) is 0 Å². The van der Waals surface area contributed by atoms with Crippen molar-refractivity contribution in [1.29, 1.82) is 0 Å². The van der Waals surface area contributed by atoms with Gasteiger partial charge in [0.25, 0.3) is 0 Å². The highest BCUT2D eigenvalue weighted by Crippen LogP contribution is 2.08. The van der Waals surface area contributed by atoms with E-state index in [2.05, 4.69) is 18.1 Å². The second kappa shape index (κ2) is 6.47. The number of hydrogen-bond donors (Lipinski definition) is 0. The molecule has 0 fully saturated rings. The molecule has 0 aliphatic heterocycles. The molecule has 0 aliphatic carbocycles. The van der Waals surface area contributed by atoms with Crippen LogP contribution < -0.4 is 0 Å². The standard InChI is InChI=1S/C8H15ClO2/c1-7(2)5-3-4-6-8(10)11-9/h7H,3-6H2,1-2H3. The third-order valence-corrected chi connectivity index (χ3v) is 1.67. The maximum atomic E-state index is 10.5. The first-order valence-electron chi connectivity index (χ1n) is 3.98. The first-order valence-corrected chi connectivity index (χ1v) is 4.29. The SMILES string of the molecule is CC(C)CCCCC(=O)OCl. The molecule has 0 aromatic carbocycles. The van der Waals surface area contributed by atoms with Crippen molar-refractivity contribution in [2.24, 2.45) is 5.92 Å². The van der Waals surface area contributed by atoms with Gasteiger partial charge in [-0.15, -0.1) is 0 Å². The number of rotatable bonds is 5. The van der Waals surface area contributed by atoms with Gasteiger partial charge in [-0.3, -0.25) is 4.79 Å². The van der Waals surface area contributed by atoms with E-state index in [1.807, 2.05) is 0 Å². The maximum Gasteiger partial charge on any atom is 0.324 e. The van der Waals surface area contributed by atoms with Gasteiger partial charge in [0.15, 0.2) is 0 Å². The highest BCUT2D eigenvalue weighted by molar-refractivity contribution is 6.13. The lowest BCUT2D eigenvalue weighted by Crippen LogP contribution is -1.96. The lowest BCUT2D eigenvalue weighted by molar-refractivity contribution is -0.134. The largest absolute Gasteiger partial charge is 0.348 e. The predicted octanol–water partition coefficient (Wildman–Crippen LogP) is 2.90. The van der Waals surface area contributed by atoms with Gasteiger partial charge in [-0.2, -0.15) is 0 Å². The fourth-order valence-corrected chi connectivity index (χ4v) is 0.938. The molecule has 66 valence electrons. The number of carbonyl (C=O) groups is 1. The molecular formula is C8H15ClO2. The predicted molar refractivity (Wildman–Crippen MR) is 45.3 cm³/mol. The molecule has 2 nitrogen and oxygen atoms in total. The Balaban J connectivity index is 3.08.